The van der Waals surface area contributed by atoms with Crippen LogP contribution in [0.2, 0.25) is 0 Å². The van der Waals surface area contributed by atoms with Gasteiger partial charge in [0, 0.05) is 25.2 Å². The molecule has 1 saturated heterocycles. The summed E-state index contributed by atoms with van der Waals surface area (Å²) >= 11 is 0. The Labute approximate surface area is 137 Å². The Bertz CT molecular complexity index is 520. The minimum Gasteiger partial charge on any atom is -0.390 e. The number of carbonyl (C=O) groups is 1. The third kappa shape index (κ3) is 5.00. The number of rotatable bonds is 7. The fraction of sp³-hybridized carbons (Fsp3) is 0.812. The SMILES string of the molecule is CC1CCN(CC(O)CNC(=O)Cn2cc(C3CC3)nn2)CC1. The van der Waals surface area contributed by atoms with Gasteiger partial charge in [-0.05, 0) is 44.7 Å². The lowest BCUT2D eigenvalue weighted by Gasteiger charge is -2.31. The summed E-state index contributed by atoms with van der Waals surface area (Å²) in [5, 5.41) is 20.9. The normalized spacial score (nSPS) is 21.3. The predicted molar refractivity (Wildman–Crippen MR) is 85.9 cm³/mol. The molecule has 1 aromatic rings. The van der Waals surface area contributed by atoms with E-state index in [9.17, 15) is 9.90 Å². The van der Waals surface area contributed by atoms with Crippen LogP contribution in [0.15, 0.2) is 6.20 Å². The summed E-state index contributed by atoms with van der Waals surface area (Å²) < 4.78 is 1.57. The molecule has 1 atom stereocenters. The van der Waals surface area contributed by atoms with Gasteiger partial charge in [-0.3, -0.25) is 4.79 Å². The maximum absolute atomic E-state index is 11.9. The maximum Gasteiger partial charge on any atom is 0.241 e. The van der Waals surface area contributed by atoms with E-state index in [4.69, 9.17) is 0 Å². The molecule has 1 unspecified atom stereocenters. The van der Waals surface area contributed by atoms with Gasteiger partial charge in [-0.15, -0.1) is 5.10 Å². The molecular formula is C16H27N5O2. The molecule has 3 rings (SSSR count). The van der Waals surface area contributed by atoms with Gasteiger partial charge < -0.3 is 15.3 Å². The monoisotopic (exact) mass is 321 g/mol. The fourth-order valence-corrected chi connectivity index (χ4v) is 3.00. The van der Waals surface area contributed by atoms with E-state index < -0.39 is 6.10 Å². The first-order chi connectivity index (χ1) is 11.1. The van der Waals surface area contributed by atoms with Gasteiger partial charge in [0.15, 0.2) is 0 Å². The molecule has 7 nitrogen and oxygen atoms in total. The number of carbonyl (C=O) groups excluding carboxylic acids is 1. The van der Waals surface area contributed by atoms with Gasteiger partial charge in [-0.2, -0.15) is 0 Å². The van der Waals surface area contributed by atoms with Gasteiger partial charge in [0.25, 0.3) is 0 Å². The van der Waals surface area contributed by atoms with E-state index in [1.807, 2.05) is 6.20 Å². The molecule has 1 aromatic heterocycles. The molecule has 1 amide bonds. The molecule has 23 heavy (non-hydrogen) atoms. The van der Waals surface area contributed by atoms with Gasteiger partial charge in [0.05, 0.1) is 11.8 Å². The number of β-amino-alcohol motifs (C(OH)–C–C–N with tert-alkyl or cyclic N) is 1. The first-order valence-corrected chi connectivity index (χ1v) is 8.67. The fourth-order valence-electron chi connectivity index (χ4n) is 3.00. The van der Waals surface area contributed by atoms with Crippen molar-refractivity contribution in [3.05, 3.63) is 11.9 Å². The quantitative estimate of drug-likeness (QED) is 0.758. The summed E-state index contributed by atoms with van der Waals surface area (Å²) in [5.41, 5.74) is 0.983. The number of amides is 1. The largest absolute Gasteiger partial charge is 0.390 e. The smallest absolute Gasteiger partial charge is 0.241 e. The zero-order valence-corrected chi connectivity index (χ0v) is 13.8. The van der Waals surface area contributed by atoms with Crippen molar-refractivity contribution < 1.29 is 9.90 Å². The summed E-state index contributed by atoms with van der Waals surface area (Å²) in [6.45, 7) is 5.42. The van der Waals surface area contributed by atoms with E-state index in [-0.39, 0.29) is 19.0 Å². The Kier molecular flexibility index (Phi) is 5.27. The van der Waals surface area contributed by atoms with Crippen molar-refractivity contribution in [3.63, 3.8) is 0 Å². The molecule has 0 spiro atoms. The van der Waals surface area contributed by atoms with Crippen LogP contribution in [0.25, 0.3) is 0 Å². The van der Waals surface area contributed by atoms with Crippen molar-refractivity contribution in [3.8, 4) is 0 Å². The highest BCUT2D eigenvalue weighted by Crippen LogP contribution is 2.38. The zero-order chi connectivity index (χ0) is 16.2. The average Bonchev–Trinajstić information content (AvgIpc) is 3.28. The molecule has 1 saturated carbocycles. The molecule has 2 N–H and O–H groups in total. The van der Waals surface area contributed by atoms with E-state index in [0.717, 1.165) is 24.7 Å². The van der Waals surface area contributed by atoms with E-state index in [1.165, 1.54) is 25.7 Å². The second kappa shape index (κ2) is 7.40. The number of aromatic nitrogens is 3. The van der Waals surface area contributed by atoms with Crippen LogP contribution in [0.3, 0.4) is 0 Å². The number of aliphatic hydroxyl groups excluding tert-OH is 1. The lowest BCUT2D eigenvalue weighted by atomic mass is 9.99. The molecule has 7 heteroatoms. The molecule has 2 aliphatic rings. The van der Waals surface area contributed by atoms with E-state index in [2.05, 4.69) is 27.5 Å². The summed E-state index contributed by atoms with van der Waals surface area (Å²) in [7, 11) is 0. The molecule has 1 aliphatic heterocycles. The predicted octanol–water partition coefficient (Wildman–Crippen LogP) is 0.365. The average molecular weight is 321 g/mol. The minimum atomic E-state index is -0.523. The molecule has 1 aliphatic carbocycles. The van der Waals surface area contributed by atoms with E-state index in [1.54, 1.807) is 4.68 Å². The Morgan fingerprint density at radius 2 is 2.13 bits per heavy atom. The van der Waals surface area contributed by atoms with Crippen LogP contribution in [-0.2, 0) is 11.3 Å². The lowest BCUT2D eigenvalue weighted by Crippen LogP contribution is -2.43. The molecule has 0 bridgehead atoms. The van der Waals surface area contributed by atoms with Crippen LogP contribution in [0.1, 0.15) is 44.2 Å². The summed E-state index contributed by atoms with van der Waals surface area (Å²) in [4.78, 5) is 14.2. The number of aliphatic hydroxyl groups is 1. The number of hydrogen-bond acceptors (Lipinski definition) is 5. The lowest BCUT2D eigenvalue weighted by molar-refractivity contribution is -0.122. The standard InChI is InChI=1S/C16H27N5O2/c1-12-4-6-20(7-5-12)9-14(22)8-17-16(23)11-21-10-15(18-19-21)13-2-3-13/h10,12-14,22H,2-9,11H2,1H3,(H,17,23). The molecule has 128 valence electrons. The highest BCUT2D eigenvalue weighted by atomic mass is 16.3. The zero-order valence-electron chi connectivity index (χ0n) is 13.8. The number of nitrogens with one attached hydrogen (secondary N) is 1. The molecule has 2 fully saturated rings. The Morgan fingerprint density at radius 3 is 2.83 bits per heavy atom. The topological polar surface area (TPSA) is 83.3 Å². The van der Waals surface area contributed by atoms with Gasteiger partial charge in [-0.1, -0.05) is 12.1 Å². The van der Waals surface area contributed by atoms with E-state index in [0.29, 0.717) is 12.5 Å². The van der Waals surface area contributed by atoms with Crippen molar-refractivity contribution in [2.24, 2.45) is 5.92 Å². The minimum absolute atomic E-state index is 0.136. The number of hydrogen-bond donors (Lipinski definition) is 2. The van der Waals surface area contributed by atoms with Crippen LogP contribution < -0.4 is 5.32 Å². The van der Waals surface area contributed by atoms with Crippen LogP contribution in [-0.4, -0.2) is 63.2 Å². The maximum atomic E-state index is 11.9. The van der Waals surface area contributed by atoms with Crippen LogP contribution in [0.4, 0.5) is 0 Å². The van der Waals surface area contributed by atoms with E-state index >= 15 is 0 Å². The summed E-state index contributed by atoms with van der Waals surface area (Å²) in [6, 6.07) is 0. The highest BCUT2D eigenvalue weighted by Gasteiger charge is 2.26. The van der Waals surface area contributed by atoms with Crippen LogP contribution in [0, 0.1) is 5.92 Å². The van der Waals surface area contributed by atoms with Gasteiger partial charge in [0.1, 0.15) is 6.54 Å². The molecular weight excluding hydrogens is 294 g/mol. The summed E-state index contributed by atoms with van der Waals surface area (Å²) in [6.07, 6.45) is 6.05. The van der Waals surface area contributed by atoms with Crippen molar-refractivity contribution in [2.75, 3.05) is 26.2 Å². The molecule has 0 aromatic carbocycles. The summed E-state index contributed by atoms with van der Waals surface area (Å²) in [5.74, 6) is 1.19. The number of likely N-dealkylation sites (tertiary alicyclic amines) is 1. The number of piperidine rings is 1. The molecule has 2 heterocycles. The first kappa shape index (κ1) is 16.4. The Morgan fingerprint density at radius 1 is 1.39 bits per heavy atom. The molecule has 0 radical (unpaired) electrons. The third-order valence-corrected chi connectivity index (χ3v) is 4.74. The number of nitrogens with zero attached hydrogens (tertiary/aromatic N) is 4. The van der Waals surface area contributed by atoms with Crippen LogP contribution in [0.5, 0.6) is 0 Å². The van der Waals surface area contributed by atoms with Crippen molar-refractivity contribution in [1.29, 1.82) is 0 Å². The van der Waals surface area contributed by atoms with Crippen LogP contribution >= 0.6 is 0 Å². The Hall–Kier alpha value is -1.47. The van der Waals surface area contributed by atoms with Crippen molar-refractivity contribution in [2.45, 2.75) is 51.2 Å². The first-order valence-electron chi connectivity index (χ1n) is 8.67. The Balaban J connectivity index is 1.34. The second-order valence-corrected chi connectivity index (χ2v) is 7.06. The van der Waals surface area contributed by atoms with Gasteiger partial charge in [-0.25, -0.2) is 4.68 Å². The van der Waals surface area contributed by atoms with Gasteiger partial charge >= 0.3 is 0 Å². The van der Waals surface area contributed by atoms with Crippen molar-refractivity contribution in [1.82, 2.24) is 25.2 Å². The van der Waals surface area contributed by atoms with Crippen molar-refractivity contribution >= 4 is 5.91 Å². The second-order valence-electron chi connectivity index (χ2n) is 7.06. The third-order valence-electron chi connectivity index (χ3n) is 4.74. The van der Waals surface area contributed by atoms with Gasteiger partial charge in [0.2, 0.25) is 5.91 Å². The highest BCUT2D eigenvalue weighted by molar-refractivity contribution is 5.75.